The van der Waals surface area contributed by atoms with Crippen molar-refractivity contribution in [1.29, 1.82) is 0 Å². The highest BCUT2D eigenvalue weighted by molar-refractivity contribution is 5.80. The van der Waals surface area contributed by atoms with Crippen LogP contribution in [0, 0.1) is 5.92 Å². The molecule has 5 rings (SSSR count). The predicted octanol–water partition coefficient (Wildman–Crippen LogP) is 5.03. The van der Waals surface area contributed by atoms with Gasteiger partial charge in [0.2, 0.25) is 0 Å². The highest BCUT2D eigenvalue weighted by Crippen LogP contribution is 2.30. The van der Waals surface area contributed by atoms with Crippen molar-refractivity contribution >= 4 is 0 Å². The predicted molar refractivity (Wildman–Crippen MR) is 136 cm³/mol. The highest BCUT2D eigenvalue weighted by Gasteiger charge is 2.19. The maximum atomic E-state index is 13.3. The number of aromatic amines is 1. The minimum atomic E-state index is -0.00301. The van der Waals surface area contributed by atoms with Crippen LogP contribution in [0.4, 0.5) is 0 Å². The Balaban J connectivity index is 1.36. The Kier molecular flexibility index (Phi) is 6.88. The molecule has 2 aromatic carbocycles. The van der Waals surface area contributed by atoms with Gasteiger partial charge in [-0.25, -0.2) is 14.6 Å². The van der Waals surface area contributed by atoms with Gasteiger partial charge in [0.05, 0.1) is 6.54 Å². The third-order valence-corrected chi connectivity index (χ3v) is 7.07. The molecule has 0 spiro atoms. The molecule has 1 aliphatic rings. The number of tetrazole rings is 1. The number of rotatable bonds is 8. The van der Waals surface area contributed by atoms with Crippen LogP contribution in [0.15, 0.2) is 53.3 Å². The molecule has 2 aromatic heterocycles. The first-order valence-electron chi connectivity index (χ1n) is 12.7. The van der Waals surface area contributed by atoms with Gasteiger partial charge in [0, 0.05) is 18.0 Å². The van der Waals surface area contributed by atoms with E-state index in [2.05, 4.69) is 64.8 Å². The molecule has 0 radical (unpaired) electrons. The van der Waals surface area contributed by atoms with Crippen molar-refractivity contribution in [2.75, 3.05) is 0 Å². The lowest BCUT2D eigenvalue weighted by Crippen LogP contribution is -2.27. The number of aryl methyl sites for hydroxylation is 1. The van der Waals surface area contributed by atoms with Gasteiger partial charge in [-0.3, -0.25) is 4.57 Å². The van der Waals surface area contributed by atoms with Gasteiger partial charge in [0.25, 0.3) is 0 Å². The molecule has 2 heterocycles. The zero-order valence-corrected chi connectivity index (χ0v) is 20.5. The largest absolute Gasteiger partial charge is 0.346 e. The quantitative estimate of drug-likeness (QED) is 0.389. The van der Waals surface area contributed by atoms with E-state index in [1.54, 1.807) is 4.68 Å². The lowest BCUT2D eigenvalue weighted by atomic mass is 9.87. The summed E-state index contributed by atoms with van der Waals surface area (Å²) in [5.74, 6) is 2.40. The normalized spacial score (nSPS) is 14.6. The van der Waals surface area contributed by atoms with Crippen LogP contribution in [0.25, 0.3) is 22.5 Å². The fourth-order valence-corrected chi connectivity index (χ4v) is 5.15. The number of benzene rings is 2. The highest BCUT2D eigenvalue weighted by atomic mass is 16.2. The van der Waals surface area contributed by atoms with Crippen LogP contribution in [0.1, 0.15) is 69.7 Å². The number of nitrogens with zero attached hydrogens (tertiary/aromatic N) is 6. The molecule has 1 aliphatic carbocycles. The zero-order valence-electron chi connectivity index (χ0n) is 20.5. The first-order valence-corrected chi connectivity index (χ1v) is 12.7. The average Bonchev–Trinajstić information content (AvgIpc) is 3.53. The Labute approximate surface area is 205 Å². The van der Waals surface area contributed by atoms with Crippen molar-refractivity contribution in [2.45, 2.75) is 71.4 Å². The molecular formula is C27H33N7O. The molecule has 182 valence electrons. The molecule has 0 unspecified atom stereocenters. The number of H-pyrrole nitrogens is 1. The first-order chi connectivity index (χ1) is 17.1. The summed E-state index contributed by atoms with van der Waals surface area (Å²) >= 11 is 0. The van der Waals surface area contributed by atoms with Crippen molar-refractivity contribution in [2.24, 2.45) is 5.92 Å². The second-order valence-electron chi connectivity index (χ2n) is 9.89. The van der Waals surface area contributed by atoms with Gasteiger partial charge in [-0.05, 0) is 39.5 Å². The molecule has 0 amide bonds. The Hall–Kier alpha value is -3.55. The maximum Gasteiger partial charge on any atom is 0.346 e. The Morgan fingerprint density at radius 1 is 1.00 bits per heavy atom. The van der Waals surface area contributed by atoms with E-state index in [9.17, 15) is 4.79 Å². The standard InChI is InChI=1S/C27H33N7O/c1-19(2)26-30-34(17-16-20-8-4-3-5-9-20)27(35)33(26)18-21-12-14-22(15-13-21)23-10-6-7-11-24(23)25-28-31-32-29-25/h6-7,10-15,19-20H,3-5,8-9,16-18H2,1-2H3,(H,28,29,31,32). The van der Waals surface area contributed by atoms with E-state index in [-0.39, 0.29) is 11.6 Å². The van der Waals surface area contributed by atoms with E-state index in [4.69, 9.17) is 5.10 Å². The van der Waals surface area contributed by atoms with Crippen molar-refractivity contribution in [1.82, 2.24) is 35.0 Å². The minimum Gasteiger partial charge on any atom is -0.274 e. The summed E-state index contributed by atoms with van der Waals surface area (Å²) in [7, 11) is 0. The van der Waals surface area contributed by atoms with Crippen LogP contribution in [0.5, 0.6) is 0 Å². The molecule has 0 aliphatic heterocycles. The molecule has 1 N–H and O–H groups in total. The number of nitrogens with one attached hydrogen (secondary N) is 1. The lowest BCUT2D eigenvalue weighted by Gasteiger charge is -2.20. The fraction of sp³-hybridized carbons (Fsp3) is 0.444. The van der Waals surface area contributed by atoms with Crippen molar-refractivity contribution in [3.63, 3.8) is 0 Å². The molecule has 35 heavy (non-hydrogen) atoms. The number of hydrogen-bond acceptors (Lipinski definition) is 5. The molecule has 0 bridgehead atoms. The average molecular weight is 472 g/mol. The molecule has 0 atom stereocenters. The van der Waals surface area contributed by atoms with Gasteiger partial charge in [0.1, 0.15) is 5.82 Å². The van der Waals surface area contributed by atoms with Crippen LogP contribution in [-0.2, 0) is 13.1 Å². The van der Waals surface area contributed by atoms with E-state index in [0.717, 1.165) is 40.4 Å². The topological polar surface area (TPSA) is 94.3 Å². The molecule has 4 aromatic rings. The minimum absolute atomic E-state index is 0.00301. The Morgan fingerprint density at radius 2 is 1.74 bits per heavy atom. The second kappa shape index (κ2) is 10.4. The van der Waals surface area contributed by atoms with E-state index in [1.807, 2.05) is 22.8 Å². The smallest absolute Gasteiger partial charge is 0.274 e. The summed E-state index contributed by atoms with van der Waals surface area (Å²) in [6.45, 7) is 5.43. The summed E-state index contributed by atoms with van der Waals surface area (Å²) in [5.41, 5.74) is 4.14. The second-order valence-corrected chi connectivity index (χ2v) is 9.89. The fourth-order valence-electron chi connectivity index (χ4n) is 5.15. The monoisotopic (exact) mass is 471 g/mol. The van der Waals surface area contributed by atoms with Crippen LogP contribution in [-0.4, -0.2) is 35.0 Å². The zero-order chi connectivity index (χ0) is 24.2. The van der Waals surface area contributed by atoms with Crippen LogP contribution in [0.3, 0.4) is 0 Å². The third kappa shape index (κ3) is 5.11. The number of aromatic nitrogens is 7. The van der Waals surface area contributed by atoms with Crippen molar-refractivity contribution in [3.8, 4) is 22.5 Å². The van der Waals surface area contributed by atoms with Gasteiger partial charge in [-0.2, -0.15) is 5.10 Å². The summed E-state index contributed by atoms with van der Waals surface area (Å²) in [6.07, 6.45) is 7.61. The summed E-state index contributed by atoms with van der Waals surface area (Å²) in [5, 5.41) is 19.1. The third-order valence-electron chi connectivity index (χ3n) is 7.07. The maximum absolute atomic E-state index is 13.3. The van der Waals surface area contributed by atoms with Gasteiger partial charge in [-0.15, -0.1) is 5.10 Å². The van der Waals surface area contributed by atoms with Crippen LogP contribution < -0.4 is 5.69 Å². The van der Waals surface area contributed by atoms with Gasteiger partial charge in [0.15, 0.2) is 5.82 Å². The molecule has 1 fully saturated rings. The molecular weight excluding hydrogens is 438 g/mol. The molecule has 1 saturated carbocycles. The van der Waals surface area contributed by atoms with E-state index in [1.165, 1.54) is 32.1 Å². The SMILES string of the molecule is CC(C)c1nn(CCC2CCCCC2)c(=O)n1Cc1ccc(-c2ccccc2-c2nnn[nH]2)cc1. The summed E-state index contributed by atoms with van der Waals surface area (Å²) in [6, 6.07) is 16.4. The first kappa shape index (κ1) is 23.2. The van der Waals surface area contributed by atoms with Gasteiger partial charge < -0.3 is 0 Å². The molecule has 8 nitrogen and oxygen atoms in total. The van der Waals surface area contributed by atoms with Crippen LogP contribution in [0.2, 0.25) is 0 Å². The summed E-state index contributed by atoms with van der Waals surface area (Å²) < 4.78 is 3.54. The molecule has 0 saturated heterocycles. The van der Waals surface area contributed by atoms with E-state index < -0.39 is 0 Å². The van der Waals surface area contributed by atoms with E-state index >= 15 is 0 Å². The Bertz CT molecular complexity index is 1300. The van der Waals surface area contributed by atoms with Gasteiger partial charge in [-0.1, -0.05) is 94.5 Å². The van der Waals surface area contributed by atoms with E-state index in [0.29, 0.717) is 18.9 Å². The lowest BCUT2D eigenvalue weighted by molar-refractivity contribution is 0.316. The summed E-state index contributed by atoms with van der Waals surface area (Å²) in [4.78, 5) is 13.3. The number of hydrogen-bond donors (Lipinski definition) is 1. The Morgan fingerprint density at radius 3 is 2.43 bits per heavy atom. The van der Waals surface area contributed by atoms with Crippen molar-refractivity contribution < 1.29 is 0 Å². The van der Waals surface area contributed by atoms with Crippen LogP contribution >= 0.6 is 0 Å². The van der Waals surface area contributed by atoms with Gasteiger partial charge >= 0.3 is 5.69 Å². The molecule has 8 heteroatoms. The van der Waals surface area contributed by atoms with Crippen molar-refractivity contribution in [3.05, 3.63) is 70.4 Å².